The van der Waals surface area contributed by atoms with Crippen LogP contribution in [-0.4, -0.2) is 34.8 Å². The second-order valence-corrected chi connectivity index (χ2v) is 11.1. The molecule has 8 heteroatoms. The van der Waals surface area contributed by atoms with Crippen molar-refractivity contribution in [3.8, 4) is 0 Å². The molecule has 3 aliphatic rings. The molecule has 4 rings (SSSR count). The van der Waals surface area contributed by atoms with Gasteiger partial charge < -0.3 is 14.8 Å². The maximum Gasteiger partial charge on any atom is 0.345 e. The molecule has 0 aliphatic carbocycles. The number of carbonyl (C=O) groups is 2. The van der Waals surface area contributed by atoms with Gasteiger partial charge in [0, 0.05) is 21.7 Å². The molecule has 30 heavy (non-hydrogen) atoms. The van der Waals surface area contributed by atoms with Crippen molar-refractivity contribution in [3.05, 3.63) is 56.0 Å². The van der Waals surface area contributed by atoms with Gasteiger partial charge in [0.15, 0.2) is 0 Å². The number of nitrogens with one attached hydrogen (secondary N) is 1. The van der Waals surface area contributed by atoms with E-state index in [-0.39, 0.29) is 17.5 Å². The molecule has 3 aliphatic heterocycles. The lowest BCUT2D eigenvalue weighted by molar-refractivity contribution is -0.138. The molecule has 5 nitrogen and oxygen atoms in total. The van der Waals surface area contributed by atoms with Crippen molar-refractivity contribution in [1.82, 2.24) is 0 Å². The number of thioether (sulfide) groups is 3. The van der Waals surface area contributed by atoms with E-state index in [2.05, 4.69) is 31.3 Å². The van der Waals surface area contributed by atoms with E-state index in [0.717, 1.165) is 21.7 Å². The molecule has 0 fully saturated rings. The van der Waals surface area contributed by atoms with E-state index in [1.165, 1.54) is 35.3 Å². The van der Waals surface area contributed by atoms with Crippen molar-refractivity contribution < 1.29 is 19.1 Å². The smallest absolute Gasteiger partial charge is 0.345 e. The average molecular weight is 462 g/mol. The van der Waals surface area contributed by atoms with E-state index in [9.17, 15) is 9.59 Å². The molecule has 1 atom stereocenters. The van der Waals surface area contributed by atoms with Gasteiger partial charge in [0.25, 0.3) is 0 Å². The second-order valence-electron chi connectivity index (χ2n) is 7.42. The van der Waals surface area contributed by atoms with Gasteiger partial charge in [-0.3, -0.25) is 0 Å². The monoisotopic (exact) mass is 461 g/mol. The molecule has 1 N–H and O–H groups in total. The fraction of sp³-hybridized carbons (Fsp3) is 0.364. The number of fused-ring (bicyclic) bond motifs is 3. The molecule has 0 saturated carbocycles. The fourth-order valence-corrected chi connectivity index (χ4v) is 8.02. The van der Waals surface area contributed by atoms with Crippen molar-refractivity contribution in [1.29, 1.82) is 0 Å². The summed E-state index contributed by atoms with van der Waals surface area (Å²) in [7, 11) is 0. The minimum absolute atomic E-state index is 0.312. The van der Waals surface area contributed by atoms with Gasteiger partial charge in [-0.15, -0.1) is 11.8 Å². The number of rotatable bonds is 4. The minimum Gasteiger partial charge on any atom is -0.462 e. The lowest BCUT2D eigenvalue weighted by atomic mass is 9.87. The average Bonchev–Trinajstić information content (AvgIpc) is 3.12. The van der Waals surface area contributed by atoms with Gasteiger partial charge in [-0.05, 0) is 45.2 Å². The largest absolute Gasteiger partial charge is 0.462 e. The zero-order valence-corrected chi connectivity index (χ0v) is 19.7. The summed E-state index contributed by atoms with van der Waals surface area (Å²) in [6.07, 6.45) is 1.95. The summed E-state index contributed by atoms with van der Waals surface area (Å²) >= 11 is 4.42. The van der Waals surface area contributed by atoms with Crippen molar-refractivity contribution in [2.24, 2.45) is 0 Å². The number of anilines is 1. The highest BCUT2D eigenvalue weighted by Crippen LogP contribution is 2.65. The van der Waals surface area contributed by atoms with Crippen LogP contribution in [0.15, 0.2) is 50.5 Å². The predicted molar refractivity (Wildman–Crippen MR) is 126 cm³/mol. The van der Waals surface area contributed by atoms with Crippen LogP contribution in [0.5, 0.6) is 0 Å². The Hall–Kier alpha value is -1.77. The number of ether oxygens (including phenoxy) is 2. The Bertz CT molecular complexity index is 1010. The Labute approximate surface area is 189 Å². The third-order valence-electron chi connectivity index (χ3n) is 4.88. The second kappa shape index (κ2) is 8.05. The summed E-state index contributed by atoms with van der Waals surface area (Å²) in [6, 6.07) is 8.17. The van der Waals surface area contributed by atoms with E-state index < -0.39 is 4.08 Å². The fourth-order valence-electron chi connectivity index (χ4n) is 3.67. The van der Waals surface area contributed by atoms with Gasteiger partial charge in [-0.1, -0.05) is 41.7 Å². The summed E-state index contributed by atoms with van der Waals surface area (Å²) in [5.74, 6) is -0.673. The molecular formula is C22H23NO4S3. The molecule has 0 bridgehead atoms. The molecule has 1 spiro atoms. The normalized spacial score (nSPS) is 23.7. The van der Waals surface area contributed by atoms with E-state index in [1.54, 1.807) is 13.8 Å². The van der Waals surface area contributed by atoms with Crippen molar-refractivity contribution in [2.45, 2.75) is 37.3 Å². The van der Waals surface area contributed by atoms with Crippen LogP contribution in [0.3, 0.4) is 0 Å². The quantitative estimate of drug-likeness (QED) is 0.600. The van der Waals surface area contributed by atoms with Crippen LogP contribution in [-0.2, 0) is 19.1 Å². The van der Waals surface area contributed by atoms with E-state index in [1.807, 2.05) is 23.6 Å². The van der Waals surface area contributed by atoms with Crippen LogP contribution in [0.1, 0.15) is 33.3 Å². The number of para-hydroxylation sites is 1. The summed E-state index contributed by atoms with van der Waals surface area (Å²) in [6.45, 7) is 8.44. The zero-order chi connectivity index (χ0) is 21.5. The van der Waals surface area contributed by atoms with Crippen LogP contribution in [0.25, 0.3) is 5.57 Å². The SMILES string of the molecule is CCOC(=O)C1=CC2(SC=C(C(=O)OCC)S2)C2=C(S1)C(C)(C)Nc1ccccc12. The van der Waals surface area contributed by atoms with Gasteiger partial charge in [-0.2, -0.15) is 0 Å². The molecule has 0 amide bonds. The molecule has 0 saturated heterocycles. The van der Waals surface area contributed by atoms with Crippen LogP contribution < -0.4 is 5.32 Å². The Morgan fingerprint density at radius 3 is 2.40 bits per heavy atom. The molecule has 3 heterocycles. The third kappa shape index (κ3) is 3.59. The molecular weight excluding hydrogens is 438 g/mol. The lowest BCUT2D eigenvalue weighted by Gasteiger charge is -2.44. The maximum atomic E-state index is 12.7. The molecule has 0 radical (unpaired) electrons. The van der Waals surface area contributed by atoms with Gasteiger partial charge in [0.2, 0.25) is 0 Å². The van der Waals surface area contributed by atoms with Crippen molar-refractivity contribution in [3.63, 3.8) is 0 Å². The number of esters is 2. The Balaban J connectivity index is 1.86. The van der Waals surface area contributed by atoms with Gasteiger partial charge in [0.1, 0.15) is 8.98 Å². The summed E-state index contributed by atoms with van der Waals surface area (Å²) in [4.78, 5) is 27.3. The van der Waals surface area contributed by atoms with Crippen LogP contribution >= 0.6 is 35.3 Å². The predicted octanol–water partition coefficient (Wildman–Crippen LogP) is 5.38. The first-order valence-electron chi connectivity index (χ1n) is 9.76. The van der Waals surface area contributed by atoms with E-state index >= 15 is 0 Å². The summed E-state index contributed by atoms with van der Waals surface area (Å²) in [5.41, 5.74) is 2.85. The lowest BCUT2D eigenvalue weighted by Crippen LogP contribution is -2.40. The topological polar surface area (TPSA) is 64.6 Å². The number of hydrogen-bond acceptors (Lipinski definition) is 8. The first-order valence-corrected chi connectivity index (χ1v) is 12.3. The Kier molecular flexibility index (Phi) is 5.76. The highest BCUT2D eigenvalue weighted by molar-refractivity contribution is 8.25. The summed E-state index contributed by atoms with van der Waals surface area (Å²) in [5, 5.41) is 5.45. The van der Waals surface area contributed by atoms with E-state index in [0.29, 0.717) is 23.0 Å². The zero-order valence-electron chi connectivity index (χ0n) is 17.2. The molecule has 158 valence electrons. The first-order chi connectivity index (χ1) is 14.3. The van der Waals surface area contributed by atoms with Gasteiger partial charge in [0.05, 0.1) is 23.7 Å². The van der Waals surface area contributed by atoms with Gasteiger partial charge in [-0.25, -0.2) is 9.59 Å². The summed E-state index contributed by atoms with van der Waals surface area (Å²) < 4.78 is 9.91. The molecule has 1 aromatic rings. The Morgan fingerprint density at radius 2 is 1.70 bits per heavy atom. The number of carbonyl (C=O) groups excluding carboxylic acids is 2. The highest BCUT2D eigenvalue weighted by atomic mass is 32.2. The number of hydrogen-bond donors (Lipinski definition) is 1. The molecule has 1 unspecified atom stereocenters. The van der Waals surface area contributed by atoms with Crippen molar-refractivity contribution in [2.75, 3.05) is 18.5 Å². The highest BCUT2D eigenvalue weighted by Gasteiger charge is 2.51. The minimum atomic E-state index is -0.639. The molecule has 1 aromatic carbocycles. The van der Waals surface area contributed by atoms with Crippen LogP contribution in [0.2, 0.25) is 0 Å². The van der Waals surface area contributed by atoms with Crippen LogP contribution in [0.4, 0.5) is 5.69 Å². The van der Waals surface area contributed by atoms with Gasteiger partial charge >= 0.3 is 11.9 Å². The van der Waals surface area contributed by atoms with Crippen molar-refractivity contribution >= 4 is 58.5 Å². The van der Waals surface area contributed by atoms with E-state index in [4.69, 9.17) is 9.47 Å². The first kappa shape index (κ1) is 21.5. The number of benzene rings is 1. The third-order valence-corrected chi connectivity index (χ3v) is 9.14. The maximum absolute atomic E-state index is 12.7. The molecule has 0 aromatic heterocycles. The standard InChI is InChI=1S/C22H23NO4S3/c1-5-26-19(24)15-11-22(28-12-16(30-22)20(25)27-6-2)17-13-9-7-8-10-14(13)23-21(3,4)18(17)29-15/h7-12,23H,5-6H2,1-4H3. The van der Waals surface area contributed by atoms with Crippen LogP contribution in [0, 0.1) is 0 Å². The Morgan fingerprint density at radius 1 is 1.03 bits per heavy atom.